The second kappa shape index (κ2) is 6.97. The molecule has 0 saturated heterocycles. The van der Waals surface area contributed by atoms with Gasteiger partial charge in [0.2, 0.25) is 15.9 Å². The molecule has 4 aliphatic carbocycles. The van der Waals surface area contributed by atoms with Crippen molar-refractivity contribution in [2.45, 2.75) is 51.0 Å². The van der Waals surface area contributed by atoms with Gasteiger partial charge in [-0.05, 0) is 68.8 Å². The van der Waals surface area contributed by atoms with Crippen LogP contribution in [0, 0.1) is 34.8 Å². The minimum atomic E-state index is -3.79. The van der Waals surface area contributed by atoms with Crippen molar-refractivity contribution in [1.82, 2.24) is 5.32 Å². The highest BCUT2D eigenvalue weighted by molar-refractivity contribution is 7.92. The number of nitrogens with one attached hydrogen (secondary N) is 1. The summed E-state index contributed by atoms with van der Waals surface area (Å²) in [6, 6.07) is 4.05. The van der Waals surface area contributed by atoms with Crippen LogP contribution in [0.1, 0.15) is 44.1 Å². The number of sulfonamides is 1. The van der Waals surface area contributed by atoms with Crippen molar-refractivity contribution in [3.8, 4) is 0 Å². The number of rotatable bonds is 6. The molecule has 0 aromatic heterocycles. The van der Waals surface area contributed by atoms with Gasteiger partial charge in [-0.1, -0.05) is 6.07 Å². The minimum absolute atomic E-state index is 0.169. The van der Waals surface area contributed by atoms with Crippen LogP contribution in [-0.4, -0.2) is 37.6 Å². The normalized spacial score (nSPS) is 30.2. The number of aryl methyl sites for hydroxylation is 1. The van der Waals surface area contributed by atoms with Gasteiger partial charge in [-0.3, -0.25) is 19.2 Å². The standard InChI is InChI=1S/C20H27N3O5S/c1-13-3-4-17(23(25)26)8-18(13)22(29(2,27)28)12-19(24)21-20-9-14-5-15(10-20)7-16(6-14)11-20/h3-4,8,14-16H,5-7,9-12H2,1-2H3,(H,21,24). The Hall–Kier alpha value is -2.16. The van der Waals surface area contributed by atoms with E-state index in [0.29, 0.717) is 23.3 Å². The summed E-state index contributed by atoms with van der Waals surface area (Å²) in [5, 5.41) is 14.3. The number of amides is 1. The van der Waals surface area contributed by atoms with Crippen LogP contribution in [0.15, 0.2) is 18.2 Å². The van der Waals surface area contributed by atoms with Crippen molar-refractivity contribution in [3.05, 3.63) is 33.9 Å². The number of nitrogens with zero attached hydrogens (tertiary/aromatic N) is 2. The monoisotopic (exact) mass is 421 g/mol. The molecule has 1 N–H and O–H groups in total. The molecular weight excluding hydrogens is 394 g/mol. The van der Waals surface area contributed by atoms with Crippen molar-refractivity contribution in [1.29, 1.82) is 0 Å². The van der Waals surface area contributed by atoms with E-state index in [1.54, 1.807) is 6.92 Å². The zero-order chi connectivity index (χ0) is 21.0. The second-order valence-electron chi connectivity index (χ2n) is 9.24. The third-order valence-electron chi connectivity index (χ3n) is 6.80. The van der Waals surface area contributed by atoms with Crippen molar-refractivity contribution in [2.75, 3.05) is 17.1 Å². The molecule has 29 heavy (non-hydrogen) atoms. The van der Waals surface area contributed by atoms with Crippen LogP contribution in [0.4, 0.5) is 11.4 Å². The Bertz CT molecular complexity index is 924. The number of benzene rings is 1. The third-order valence-corrected chi connectivity index (χ3v) is 7.93. The number of nitro benzene ring substituents is 1. The van der Waals surface area contributed by atoms with Crippen LogP contribution in [0.2, 0.25) is 0 Å². The van der Waals surface area contributed by atoms with Crippen molar-refractivity contribution >= 4 is 27.3 Å². The fraction of sp³-hybridized carbons (Fsp3) is 0.650. The Morgan fingerprint density at radius 3 is 2.24 bits per heavy atom. The SMILES string of the molecule is Cc1ccc([N+](=O)[O-])cc1N(CC(=O)NC12CC3CC(CC(C3)C1)C2)S(C)(=O)=O. The van der Waals surface area contributed by atoms with E-state index in [4.69, 9.17) is 0 Å². The van der Waals surface area contributed by atoms with Crippen molar-refractivity contribution < 1.29 is 18.1 Å². The van der Waals surface area contributed by atoms with Gasteiger partial charge in [0.1, 0.15) is 6.54 Å². The number of anilines is 1. The predicted octanol–water partition coefficient (Wildman–Crippen LogP) is 2.75. The van der Waals surface area contributed by atoms with Gasteiger partial charge >= 0.3 is 0 Å². The number of carbonyl (C=O) groups is 1. The summed E-state index contributed by atoms with van der Waals surface area (Å²) in [6.07, 6.45) is 7.67. The van der Waals surface area contributed by atoms with Gasteiger partial charge < -0.3 is 5.32 Å². The smallest absolute Gasteiger partial charge is 0.271 e. The molecule has 1 amide bonds. The number of hydrogen-bond donors (Lipinski definition) is 1. The minimum Gasteiger partial charge on any atom is -0.349 e. The van der Waals surface area contributed by atoms with E-state index in [-0.39, 0.29) is 29.4 Å². The fourth-order valence-corrected chi connectivity index (χ4v) is 7.00. The van der Waals surface area contributed by atoms with Gasteiger partial charge in [0.15, 0.2) is 0 Å². The average molecular weight is 422 g/mol. The first kappa shape index (κ1) is 20.1. The number of hydrogen-bond acceptors (Lipinski definition) is 5. The van der Waals surface area contributed by atoms with Crippen molar-refractivity contribution in [3.63, 3.8) is 0 Å². The molecule has 0 unspecified atom stereocenters. The largest absolute Gasteiger partial charge is 0.349 e. The Kier molecular flexibility index (Phi) is 4.83. The highest BCUT2D eigenvalue weighted by Crippen LogP contribution is 2.55. The molecule has 4 aliphatic rings. The van der Waals surface area contributed by atoms with Gasteiger partial charge in [-0.15, -0.1) is 0 Å². The van der Waals surface area contributed by atoms with E-state index in [9.17, 15) is 23.3 Å². The Morgan fingerprint density at radius 2 is 1.76 bits per heavy atom. The summed E-state index contributed by atoms with van der Waals surface area (Å²) in [5.41, 5.74) is 0.305. The molecule has 1 aromatic rings. The molecular formula is C20H27N3O5S. The highest BCUT2D eigenvalue weighted by Gasteiger charge is 2.51. The van der Waals surface area contributed by atoms with E-state index in [2.05, 4.69) is 5.32 Å². The molecule has 0 radical (unpaired) electrons. The zero-order valence-electron chi connectivity index (χ0n) is 16.8. The quantitative estimate of drug-likeness (QED) is 0.561. The summed E-state index contributed by atoms with van der Waals surface area (Å²) in [4.78, 5) is 23.5. The van der Waals surface area contributed by atoms with Gasteiger partial charge in [0.25, 0.3) is 5.69 Å². The molecule has 158 valence electrons. The van der Waals surface area contributed by atoms with Crippen LogP contribution in [0.3, 0.4) is 0 Å². The predicted molar refractivity (Wildman–Crippen MR) is 109 cm³/mol. The molecule has 5 rings (SSSR count). The first-order valence-electron chi connectivity index (χ1n) is 10.1. The maximum absolute atomic E-state index is 12.9. The molecule has 9 heteroatoms. The molecule has 0 spiro atoms. The van der Waals surface area contributed by atoms with E-state index < -0.39 is 14.9 Å². The van der Waals surface area contributed by atoms with E-state index in [1.807, 2.05) is 0 Å². The summed E-state index contributed by atoms with van der Waals surface area (Å²) in [7, 11) is -3.79. The molecule has 0 aliphatic heterocycles. The highest BCUT2D eigenvalue weighted by atomic mass is 32.2. The molecule has 8 nitrogen and oxygen atoms in total. The molecule has 0 heterocycles. The van der Waals surface area contributed by atoms with Crippen LogP contribution in [0.5, 0.6) is 0 Å². The lowest BCUT2D eigenvalue weighted by molar-refractivity contribution is -0.384. The van der Waals surface area contributed by atoms with E-state index in [0.717, 1.165) is 29.8 Å². The molecule has 0 atom stereocenters. The fourth-order valence-electron chi connectivity index (χ4n) is 6.09. The van der Waals surface area contributed by atoms with Crippen molar-refractivity contribution in [2.24, 2.45) is 17.8 Å². The summed E-state index contributed by atoms with van der Waals surface area (Å²) in [5.74, 6) is 1.63. The van der Waals surface area contributed by atoms with Gasteiger partial charge in [0, 0.05) is 17.7 Å². The topological polar surface area (TPSA) is 110 Å². The average Bonchev–Trinajstić information content (AvgIpc) is 2.57. The number of non-ortho nitro benzene ring substituents is 1. The van der Waals surface area contributed by atoms with Gasteiger partial charge in [-0.25, -0.2) is 8.42 Å². The maximum atomic E-state index is 12.9. The Morgan fingerprint density at radius 1 is 1.21 bits per heavy atom. The van der Waals surface area contributed by atoms with E-state index in [1.165, 1.54) is 37.5 Å². The van der Waals surface area contributed by atoms with Gasteiger partial charge in [-0.2, -0.15) is 0 Å². The van der Waals surface area contributed by atoms with E-state index >= 15 is 0 Å². The first-order chi connectivity index (χ1) is 13.5. The Balaban J connectivity index is 1.56. The zero-order valence-corrected chi connectivity index (χ0v) is 17.6. The van der Waals surface area contributed by atoms with Gasteiger partial charge in [0.05, 0.1) is 16.9 Å². The van der Waals surface area contributed by atoms with Crippen LogP contribution >= 0.6 is 0 Å². The lowest BCUT2D eigenvalue weighted by Gasteiger charge is -2.57. The molecule has 4 fully saturated rings. The lowest BCUT2D eigenvalue weighted by atomic mass is 9.53. The Labute approximate surface area is 170 Å². The summed E-state index contributed by atoms with van der Waals surface area (Å²) in [6.45, 7) is 1.30. The first-order valence-corrected chi connectivity index (χ1v) is 11.9. The maximum Gasteiger partial charge on any atom is 0.271 e. The summed E-state index contributed by atoms with van der Waals surface area (Å²) < 4.78 is 25.9. The molecule has 1 aromatic carbocycles. The molecule has 4 bridgehead atoms. The number of carbonyl (C=O) groups excluding carboxylic acids is 1. The van der Waals surface area contributed by atoms with Crippen LogP contribution in [0.25, 0.3) is 0 Å². The lowest BCUT2D eigenvalue weighted by Crippen LogP contribution is -2.61. The van der Waals surface area contributed by atoms with Crippen LogP contribution < -0.4 is 9.62 Å². The summed E-state index contributed by atoms with van der Waals surface area (Å²) >= 11 is 0. The molecule has 4 saturated carbocycles. The second-order valence-corrected chi connectivity index (χ2v) is 11.2. The number of nitro groups is 1. The van der Waals surface area contributed by atoms with Crippen LogP contribution in [-0.2, 0) is 14.8 Å². The third kappa shape index (κ3) is 3.97.